The number of nitrogens with one attached hydrogen (secondary N) is 6. The van der Waals surface area contributed by atoms with Gasteiger partial charge in [0, 0.05) is 74.9 Å². The van der Waals surface area contributed by atoms with Crippen molar-refractivity contribution in [3.63, 3.8) is 0 Å². The number of carbonyl (C=O) groups excluding carboxylic acids is 3. The molecule has 2 aliphatic rings. The Balaban J connectivity index is 1.10. The first-order chi connectivity index (χ1) is 22.6. The van der Waals surface area contributed by atoms with Crippen LogP contribution in [0.15, 0.2) is 24.4 Å². The number of urea groups is 1. The minimum Gasteiger partial charge on any atom is -0.390 e. The fraction of sp³-hybridized carbons (Fsp3) is 0.483. The van der Waals surface area contributed by atoms with Crippen LogP contribution in [-0.2, 0) is 12.6 Å². The minimum atomic E-state index is -4.88. The van der Waals surface area contributed by atoms with Crippen LogP contribution in [0.3, 0.4) is 0 Å². The molecule has 2 fully saturated rings. The van der Waals surface area contributed by atoms with Gasteiger partial charge in [0.15, 0.2) is 11.5 Å². The molecule has 0 radical (unpaired) electrons. The SMILES string of the molecule is CN(CCCCNC(=O)c1ccc(NC(=O)c2ncc(Cc3c(C(F)(F)F)n[nH]c3[C@@H]3CC3(F)F)[nH]2)cc1Cl)C(=O)N[C@H]1CNC[C@@H]1O. The molecule has 3 aromatic rings. The van der Waals surface area contributed by atoms with Crippen LogP contribution in [0.1, 0.15) is 68.8 Å². The Morgan fingerprint density at radius 2 is 1.92 bits per heavy atom. The summed E-state index contributed by atoms with van der Waals surface area (Å²) in [7, 11) is 1.64. The number of aromatic amines is 2. The third-order valence-corrected chi connectivity index (χ3v) is 8.38. The second-order valence-corrected chi connectivity index (χ2v) is 12.1. The van der Waals surface area contributed by atoms with E-state index in [1.54, 1.807) is 7.05 Å². The molecule has 19 heteroatoms. The molecule has 4 amide bonds. The number of H-pyrrole nitrogens is 2. The van der Waals surface area contributed by atoms with E-state index in [9.17, 15) is 41.4 Å². The second-order valence-electron chi connectivity index (χ2n) is 11.7. The van der Waals surface area contributed by atoms with E-state index in [4.69, 9.17) is 11.6 Å². The predicted molar refractivity (Wildman–Crippen MR) is 162 cm³/mol. The molecule has 1 saturated carbocycles. The number of hydrogen-bond donors (Lipinski definition) is 7. The first-order valence-electron chi connectivity index (χ1n) is 15.0. The first kappa shape index (κ1) is 35.0. The number of aliphatic hydroxyl groups is 1. The topological polar surface area (TPSA) is 180 Å². The fourth-order valence-corrected chi connectivity index (χ4v) is 5.55. The lowest BCUT2D eigenvalue weighted by Crippen LogP contribution is -2.48. The smallest absolute Gasteiger partial charge is 0.390 e. The van der Waals surface area contributed by atoms with Crippen molar-refractivity contribution in [2.75, 3.05) is 38.5 Å². The lowest BCUT2D eigenvalue weighted by Gasteiger charge is -2.22. The number of anilines is 1. The van der Waals surface area contributed by atoms with Gasteiger partial charge < -0.3 is 36.3 Å². The highest BCUT2D eigenvalue weighted by atomic mass is 35.5. The van der Waals surface area contributed by atoms with Crippen LogP contribution in [-0.4, -0.2) is 99.3 Å². The molecule has 3 heterocycles. The van der Waals surface area contributed by atoms with Gasteiger partial charge in [0.05, 0.1) is 28.6 Å². The van der Waals surface area contributed by atoms with Crippen LogP contribution in [0.2, 0.25) is 5.02 Å². The van der Waals surface area contributed by atoms with Crippen LogP contribution in [0.5, 0.6) is 0 Å². The number of hydrogen-bond acceptors (Lipinski definition) is 7. The highest BCUT2D eigenvalue weighted by Crippen LogP contribution is 2.56. The number of rotatable bonds is 12. The number of nitrogens with zero attached hydrogens (tertiary/aromatic N) is 3. The Morgan fingerprint density at radius 3 is 2.56 bits per heavy atom. The number of alkyl halides is 5. The van der Waals surface area contributed by atoms with E-state index < -0.39 is 60.0 Å². The predicted octanol–water partition coefficient (Wildman–Crippen LogP) is 3.25. The monoisotopic (exact) mass is 701 g/mol. The average molecular weight is 702 g/mol. The van der Waals surface area contributed by atoms with E-state index in [2.05, 4.69) is 41.4 Å². The lowest BCUT2D eigenvalue weighted by atomic mass is 10.0. The van der Waals surface area contributed by atoms with E-state index in [0.717, 1.165) is 6.20 Å². The standard InChI is InChI=1S/C29H33ClF5N9O4/c1-44(27(48)41-20-12-36-13-21(20)45)7-3-2-6-37-25(46)16-5-4-14(9-19(16)30)40-26(47)24-38-11-15(39-24)8-17-22(18-10-28(18,31)32)42-43-23(17)29(33,34)35/h4-5,9,11,18,20-21,36,45H,2-3,6-8,10,12-13H2,1H3,(H,37,46)(H,38,39)(H,40,47)(H,41,48)(H,42,43)/t18-,20-,21-/m0/s1. The molecule has 7 N–H and O–H groups in total. The van der Waals surface area contributed by atoms with Crippen LogP contribution in [0.4, 0.5) is 32.4 Å². The fourth-order valence-electron chi connectivity index (χ4n) is 5.28. The molecule has 5 rings (SSSR count). The number of aromatic nitrogens is 4. The van der Waals surface area contributed by atoms with Crippen LogP contribution in [0, 0.1) is 0 Å². The van der Waals surface area contributed by atoms with Gasteiger partial charge in [-0.1, -0.05) is 11.6 Å². The molecule has 3 atom stereocenters. The summed E-state index contributed by atoms with van der Waals surface area (Å²) in [6.45, 7) is 1.66. The number of amides is 4. The van der Waals surface area contributed by atoms with Crippen molar-refractivity contribution in [3.05, 3.63) is 63.5 Å². The Hall–Kier alpha value is -4.29. The molecule has 260 valence electrons. The summed E-state index contributed by atoms with van der Waals surface area (Å²) < 4.78 is 67.9. The molecule has 0 spiro atoms. The Morgan fingerprint density at radius 1 is 1.17 bits per heavy atom. The number of imidazole rings is 1. The van der Waals surface area contributed by atoms with Gasteiger partial charge in [-0.05, 0) is 31.0 Å². The highest BCUT2D eigenvalue weighted by molar-refractivity contribution is 6.34. The summed E-state index contributed by atoms with van der Waals surface area (Å²) in [6.07, 6.45) is -4.28. The first-order valence-corrected chi connectivity index (χ1v) is 15.4. The van der Waals surface area contributed by atoms with Crippen LogP contribution in [0.25, 0.3) is 0 Å². The van der Waals surface area contributed by atoms with Gasteiger partial charge >= 0.3 is 12.2 Å². The van der Waals surface area contributed by atoms with Gasteiger partial charge in [-0.15, -0.1) is 0 Å². The molecule has 0 bridgehead atoms. The molecule has 2 aromatic heterocycles. The summed E-state index contributed by atoms with van der Waals surface area (Å²) in [5.41, 5.74) is -1.65. The Bertz CT molecular complexity index is 1660. The van der Waals surface area contributed by atoms with Crippen molar-refractivity contribution in [3.8, 4) is 0 Å². The van der Waals surface area contributed by atoms with Crippen molar-refractivity contribution in [1.82, 2.24) is 41.0 Å². The summed E-state index contributed by atoms with van der Waals surface area (Å²) in [6, 6.07) is 3.52. The van der Waals surface area contributed by atoms with E-state index in [1.165, 1.54) is 23.1 Å². The lowest BCUT2D eigenvalue weighted by molar-refractivity contribution is -0.141. The molecule has 1 aromatic carbocycles. The zero-order chi connectivity index (χ0) is 34.8. The number of β-amino-alcohol motifs (C(OH)–C–C–N with tert-alkyl or cyclic N) is 1. The molecule has 0 unspecified atom stereocenters. The van der Waals surface area contributed by atoms with E-state index in [-0.39, 0.29) is 45.6 Å². The minimum absolute atomic E-state index is 0.0365. The largest absolute Gasteiger partial charge is 0.435 e. The maximum atomic E-state index is 13.7. The van der Waals surface area contributed by atoms with Gasteiger partial charge in [0.25, 0.3) is 17.7 Å². The quantitative estimate of drug-likeness (QED) is 0.112. The van der Waals surface area contributed by atoms with Gasteiger partial charge in [-0.2, -0.15) is 18.3 Å². The van der Waals surface area contributed by atoms with E-state index in [1.807, 2.05) is 0 Å². The number of aliphatic hydroxyl groups excluding tert-OH is 1. The Labute approximate surface area is 275 Å². The summed E-state index contributed by atoms with van der Waals surface area (Å²) in [5, 5.41) is 26.2. The average Bonchev–Trinajstić information content (AvgIpc) is 3.45. The third-order valence-electron chi connectivity index (χ3n) is 8.07. The Kier molecular flexibility index (Phi) is 10.3. The number of carbonyl (C=O) groups is 3. The van der Waals surface area contributed by atoms with Crippen molar-refractivity contribution in [2.24, 2.45) is 0 Å². The molecular weight excluding hydrogens is 669 g/mol. The zero-order valence-electron chi connectivity index (χ0n) is 25.5. The molecule has 1 saturated heterocycles. The molecule has 13 nitrogen and oxygen atoms in total. The van der Waals surface area contributed by atoms with Gasteiger partial charge in [-0.25, -0.2) is 18.6 Å². The van der Waals surface area contributed by atoms with Crippen molar-refractivity contribution in [1.29, 1.82) is 0 Å². The zero-order valence-corrected chi connectivity index (χ0v) is 26.2. The van der Waals surface area contributed by atoms with Crippen molar-refractivity contribution >= 4 is 35.1 Å². The molecular formula is C29H33ClF5N9O4. The normalized spacial score (nSPS) is 20.0. The summed E-state index contributed by atoms with van der Waals surface area (Å²) in [5.74, 6) is -6.00. The van der Waals surface area contributed by atoms with Crippen LogP contribution < -0.4 is 21.3 Å². The maximum Gasteiger partial charge on any atom is 0.435 e. The van der Waals surface area contributed by atoms with E-state index in [0.29, 0.717) is 39.0 Å². The van der Waals surface area contributed by atoms with Gasteiger partial charge in [0.2, 0.25) is 0 Å². The van der Waals surface area contributed by atoms with Gasteiger partial charge in [0.1, 0.15) is 0 Å². The second kappa shape index (κ2) is 14.1. The molecule has 1 aliphatic carbocycles. The summed E-state index contributed by atoms with van der Waals surface area (Å²) >= 11 is 6.29. The number of benzene rings is 1. The number of halogens is 6. The van der Waals surface area contributed by atoms with Crippen molar-refractivity contribution < 1.29 is 41.4 Å². The van der Waals surface area contributed by atoms with Gasteiger partial charge in [-0.3, -0.25) is 14.7 Å². The molecule has 1 aliphatic heterocycles. The third kappa shape index (κ3) is 8.22. The molecule has 48 heavy (non-hydrogen) atoms. The maximum absolute atomic E-state index is 13.7. The van der Waals surface area contributed by atoms with E-state index >= 15 is 0 Å². The highest BCUT2D eigenvalue weighted by Gasteiger charge is 2.60. The van der Waals surface area contributed by atoms with Crippen LogP contribution >= 0.6 is 11.6 Å². The van der Waals surface area contributed by atoms with Crippen molar-refractivity contribution in [2.45, 2.75) is 55.8 Å². The number of unbranched alkanes of at least 4 members (excludes halogenated alkanes) is 1. The summed E-state index contributed by atoms with van der Waals surface area (Å²) in [4.78, 5) is 45.7.